The minimum absolute atomic E-state index is 0.138. The van der Waals surface area contributed by atoms with Gasteiger partial charge in [0.05, 0.1) is 12.2 Å². The van der Waals surface area contributed by atoms with Gasteiger partial charge in [0.2, 0.25) is 0 Å². The highest BCUT2D eigenvalue weighted by atomic mass is 16.5. The number of Topliss-reactive ketones (excluding diaryl/α,β-unsaturated/α-hetero) is 1. The molecule has 1 aromatic carbocycles. The summed E-state index contributed by atoms with van der Waals surface area (Å²) >= 11 is 0. The molecule has 0 amide bonds. The Hall–Kier alpha value is -2.53. The molecule has 0 bridgehead atoms. The van der Waals surface area contributed by atoms with Crippen molar-refractivity contribution in [1.82, 2.24) is 4.98 Å². The molecule has 0 fully saturated rings. The number of hydrogen-bond donors (Lipinski definition) is 1. The molecule has 0 atom stereocenters. The van der Waals surface area contributed by atoms with Crippen LogP contribution in [0.15, 0.2) is 36.5 Å². The highest BCUT2D eigenvalue weighted by Gasteiger charge is 2.10. The SMILES string of the molecule is CC(=O)c1ncccc1COc1ccc(CO)cc1C=O. The van der Waals surface area contributed by atoms with Crippen molar-refractivity contribution in [2.24, 2.45) is 0 Å². The van der Waals surface area contributed by atoms with Crippen LogP contribution in [0.1, 0.15) is 38.9 Å². The molecule has 108 valence electrons. The molecule has 1 N–H and O–H groups in total. The summed E-state index contributed by atoms with van der Waals surface area (Å²) in [5.41, 5.74) is 2.01. The normalized spacial score (nSPS) is 10.2. The third-order valence-electron chi connectivity index (χ3n) is 2.99. The van der Waals surface area contributed by atoms with Crippen LogP contribution in [0.2, 0.25) is 0 Å². The van der Waals surface area contributed by atoms with Gasteiger partial charge in [-0.2, -0.15) is 0 Å². The standard InChI is InChI=1S/C16H15NO4/c1-11(20)16-13(3-2-6-17-16)10-21-15-5-4-12(8-18)7-14(15)9-19/h2-7,9,18H,8,10H2,1H3. The molecule has 0 saturated heterocycles. The monoisotopic (exact) mass is 285 g/mol. The molecule has 0 aliphatic heterocycles. The van der Waals surface area contributed by atoms with E-state index in [4.69, 9.17) is 9.84 Å². The second-order valence-electron chi connectivity index (χ2n) is 4.50. The Morgan fingerprint density at radius 2 is 2.19 bits per heavy atom. The Kier molecular flexibility index (Phi) is 4.79. The lowest BCUT2D eigenvalue weighted by atomic mass is 10.1. The van der Waals surface area contributed by atoms with E-state index >= 15 is 0 Å². The molecule has 1 aromatic heterocycles. The van der Waals surface area contributed by atoms with Crippen LogP contribution in [0.5, 0.6) is 5.75 Å². The van der Waals surface area contributed by atoms with Gasteiger partial charge in [-0.05, 0) is 23.8 Å². The topological polar surface area (TPSA) is 76.5 Å². The average Bonchev–Trinajstić information content (AvgIpc) is 2.52. The van der Waals surface area contributed by atoms with Gasteiger partial charge in [-0.1, -0.05) is 12.1 Å². The molecule has 5 heteroatoms. The molecular formula is C16H15NO4. The van der Waals surface area contributed by atoms with Crippen molar-refractivity contribution in [2.45, 2.75) is 20.1 Å². The van der Waals surface area contributed by atoms with Gasteiger partial charge in [0, 0.05) is 18.7 Å². The molecule has 0 saturated carbocycles. The van der Waals surface area contributed by atoms with E-state index in [-0.39, 0.29) is 19.0 Å². The molecule has 0 unspecified atom stereocenters. The maximum atomic E-state index is 11.5. The zero-order valence-electron chi connectivity index (χ0n) is 11.6. The van der Waals surface area contributed by atoms with Crippen LogP contribution in [0, 0.1) is 0 Å². The fourth-order valence-electron chi connectivity index (χ4n) is 1.95. The number of aldehydes is 1. The predicted octanol–water partition coefficient (Wildman–Crippen LogP) is 2.17. The third-order valence-corrected chi connectivity index (χ3v) is 2.99. The van der Waals surface area contributed by atoms with Gasteiger partial charge < -0.3 is 9.84 Å². The smallest absolute Gasteiger partial charge is 0.178 e. The number of aromatic nitrogens is 1. The van der Waals surface area contributed by atoms with E-state index in [1.807, 2.05) is 0 Å². The number of aliphatic hydroxyl groups is 1. The van der Waals surface area contributed by atoms with E-state index in [9.17, 15) is 9.59 Å². The first-order valence-corrected chi connectivity index (χ1v) is 6.42. The van der Waals surface area contributed by atoms with Gasteiger partial charge >= 0.3 is 0 Å². The number of nitrogens with zero attached hydrogens (tertiary/aromatic N) is 1. The number of ketones is 1. The van der Waals surface area contributed by atoms with Crippen molar-refractivity contribution >= 4 is 12.1 Å². The molecule has 0 aliphatic carbocycles. The number of ether oxygens (including phenoxy) is 1. The first-order chi connectivity index (χ1) is 10.2. The lowest BCUT2D eigenvalue weighted by Gasteiger charge is -2.11. The molecule has 0 radical (unpaired) electrons. The fourth-order valence-corrected chi connectivity index (χ4v) is 1.95. The Labute approximate surface area is 122 Å². The molecule has 5 nitrogen and oxygen atoms in total. The summed E-state index contributed by atoms with van der Waals surface area (Å²) < 4.78 is 5.60. The molecule has 0 aliphatic rings. The number of pyridine rings is 1. The van der Waals surface area contributed by atoms with Crippen LogP contribution >= 0.6 is 0 Å². The van der Waals surface area contributed by atoms with Crippen molar-refractivity contribution in [2.75, 3.05) is 0 Å². The molecule has 1 heterocycles. The minimum atomic E-state index is -0.141. The Morgan fingerprint density at radius 3 is 2.86 bits per heavy atom. The van der Waals surface area contributed by atoms with E-state index in [1.54, 1.807) is 36.5 Å². The van der Waals surface area contributed by atoms with Gasteiger partial charge in [-0.15, -0.1) is 0 Å². The highest BCUT2D eigenvalue weighted by molar-refractivity contribution is 5.93. The summed E-state index contributed by atoms with van der Waals surface area (Å²) in [4.78, 5) is 26.6. The number of hydrogen-bond acceptors (Lipinski definition) is 5. The summed E-state index contributed by atoms with van der Waals surface area (Å²) in [6, 6.07) is 8.35. The summed E-state index contributed by atoms with van der Waals surface area (Å²) in [5, 5.41) is 9.05. The van der Waals surface area contributed by atoms with E-state index in [0.717, 1.165) is 0 Å². The third kappa shape index (κ3) is 3.52. The minimum Gasteiger partial charge on any atom is -0.488 e. The fraction of sp³-hybridized carbons (Fsp3) is 0.188. The molecule has 21 heavy (non-hydrogen) atoms. The lowest BCUT2D eigenvalue weighted by molar-refractivity contribution is 0.100. The number of benzene rings is 1. The maximum Gasteiger partial charge on any atom is 0.178 e. The van der Waals surface area contributed by atoms with Crippen molar-refractivity contribution in [3.8, 4) is 5.75 Å². The summed E-state index contributed by atoms with van der Waals surface area (Å²) in [7, 11) is 0. The number of aliphatic hydroxyl groups excluding tert-OH is 1. The average molecular weight is 285 g/mol. The van der Waals surface area contributed by atoms with Crippen molar-refractivity contribution < 1.29 is 19.4 Å². The van der Waals surface area contributed by atoms with Gasteiger partial charge in [0.25, 0.3) is 0 Å². The quantitative estimate of drug-likeness (QED) is 0.650. The largest absolute Gasteiger partial charge is 0.488 e. The van der Waals surface area contributed by atoms with E-state index < -0.39 is 0 Å². The van der Waals surface area contributed by atoms with Gasteiger partial charge in [0.1, 0.15) is 18.1 Å². The maximum absolute atomic E-state index is 11.5. The van der Waals surface area contributed by atoms with Crippen LogP contribution in [-0.4, -0.2) is 22.2 Å². The Morgan fingerprint density at radius 1 is 1.38 bits per heavy atom. The van der Waals surface area contributed by atoms with Gasteiger partial charge in [-0.3, -0.25) is 14.6 Å². The lowest BCUT2D eigenvalue weighted by Crippen LogP contribution is -2.07. The van der Waals surface area contributed by atoms with Crippen molar-refractivity contribution in [3.05, 3.63) is 58.9 Å². The van der Waals surface area contributed by atoms with Crippen LogP contribution in [-0.2, 0) is 13.2 Å². The van der Waals surface area contributed by atoms with Crippen molar-refractivity contribution in [3.63, 3.8) is 0 Å². The number of carbonyl (C=O) groups excluding carboxylic acids is 2. The summed E-state index contributed by atoms with van der Waals surface area (Å²) in [6.45, 7) is 1.44. The van der Waals surface area contributed by atoms with E-state index in [2.05, 4.69) is 4.98 Å². The molecule has 0 spiro atoms. The van der Waals surface area contributed by atoms with Crippen LogP contribution in [0.4, 0.5) is 0 Å². The Balaban J connectivity index is 2.21. The van der Waals surface area contributed by atoms with Gasteiger partial charge in [-0.25, -0.2) is 0 Å². The predicted molar refractivity (Wildman–Crippen MR) is 76.3 cm³/mol. The summed E-state index contributed by atoms with van der Waals surface area (Å²) in [5.74, 6) is 0.265. The Bertz CT molecular complexity index is 667. The number of carbonyl (C=O) groups is 2. The number of rotatable bonds is 6. The zero-order valence-corrected chi connectivity index (χ0v) is 11.6. The highest BCUT2D eigenvalue weighted by Crippen LogP contribution is 2.20. The second kappa shape index (κ2) is 6.76. The van der Waals surface area contributed by atoms with Crippen LogP contribution in [0.3, 0.4) is 0 Å². The van der Waals surface area contributed by atoms with Crippen LogP contribution in [0.25, 0.3) is 0 Å². The van der Waals surface area contributed by atoms with Gasteiger partial charge in [0.15, 0.2) is 12.1 Å². The van der Waals surface area contributed by atoms with E-state index in [0.29, 0.717) is 34.4 Å². The molecule has 2 aromatic rings. The van der Waals surface area contributed by atoms with Crippen LogP contribution < -0.4 is 4.74 Å². The molecule has 2 rings (SSSR count). The first kappa shape index (κ1) is 14.9. The first-order valence-electron chi connectivity index (χ1n) is 6.42. The zero-order chi connectivity index (χ0) is 15.2. The second-order valence-corrected chi connectivity index (χ2v) is 4.50. The van der Waals surface area contributed by atoms with Crippen molar-refractivity contribution in [1.29, 1.82) is 0 Å². The summed E-state index contributed by atoms with van der Waals surface area (Å²) in [6.07, 6.45) is 2.22. The van der Waals surface area contributed by atoms with E-state index in [1.165, 1.54) is 6.92 Å². The molecular weight excluding hydrogens is 270 g/mol.